The number of para-hydroxylation sites is 1. The quantitative estimate of drug-likeness (QED) is 0.756. The second-order valence-electron chi connectivity index (χ2n) is 6.99. The van der Waals surface area contributed by atoms with E-state index in [1.54, 1.807) is 4.68 Å². The average molecular weight is 345 g/mol. The molecule has 1 fully saturated rings. The van der Waals surface area contributed by atoms with Crippen LogP contribution in [0.15, 0.2) is 60.8 Å². The van der Waals surface area contributed by atoms with Crippen molar-refractivity contribution >= 4 is 5.91 Å². The Bertz CT molecular complexity index is 891. The predicted molar refractivity (Wildman–Crippen MR) is 103 cm³/mol. The van der Waals surface area contributed by atoms with E-state index in [0.29, 0.717) is 5.56 Å². The Balaban J connectivity index is 1.73. The smallest absolute Gasteiger partial charge is 0.255 e. The van der Waals surface area contributed by atoms with Crippen molar-refractivity contribution in [2.24, 2.45) is 0 Å². The number of nitrogens with zero attached hydrogens (tertiary/aromatic N) is 2. The Morgan fingerprint density at radius 1 is 1.04 bits per heavy atom. The highest BCUT2D eigenvalue weighted by Crippen LogP contribution is 2.25. The molecule has 0 atom stereocenters. The zero-order chi connectivity index (χ0) is 17.9. The van der Waals surface area contributed by atoms with Gasteiger partial charge in [0.1, 0.15) is 5.69 Å². The summed E-state index contributed by atoms with van der Waals surface area (Å²) < 4.78 is 1.79. The summed E-state index contributed by atoms with van der Waals surface area (Å²) in [6.07, 6.45) is 6.36. The maximum absolute atomic E-state index is 12.9. The molecule has 0 aliphatic heterocycles. The molecule has 1 aliphatic carbocycles. The molecule has 0 saturated heterocycles. The number of benzene rings is 2. The number of hydrogen-bond donors (Lipinski definition) is 1. The molecule has 0 bridgehead atoms. The van der Waals surface area contributed by atoms with E-state index in [1.807, 2.05) is 48.7 Å². The number of aromatic nitrogens is 2. The minimum absolute atomic E-state index is 0.0327. The average Bonchev–Trinajstić information content (AvgIpc) is 3.33. The first-order chi connectivity index (χ1) is 12.7. The minimum Gasteiger partial charge on any atom is -0.349 e. The summed E-state index contributed by atoms with van der Waals surface area (Å²) in [7, 11) is 0. The van der Waals surface area contributed by atoms with E-state index in [0.717, 1.165) is 29.8 Å². The maximum atomic E-state index is 12.9. The van der Waals surface area contributed by atoms with E-state index in [9.17, 15) is 4.79 Å². The van der Waals surface area contributed by atoms with Gasteiger partial charge in [-0.1, -0.05) is 60.9 Å². The third kappa shape index (κ3) is 3.40. The van der Waals surface area contributed by atoms with E-state index in [2.05, 4.69) is 24.4 Å². The number of aryl methyl sites for hydroxylation is 1. The standard InChI is InChI=1S/C22H23N3O/c1-16-11-13-17(14-12-16)21-20(22(26)23-18-7-5-6-8-18)15-25(24-21)19-9-3-2-4-10-19/h2-4,9-15,18H,5-8H2,1H3,(H,23,26). The lowest BCUT2D eigenvalue weighted by Crippen LogP contribution is -2.32. The van der Waals surface area contributed by atoms with Gasteiger partial charge in [0.2, 0.25) is 0 Å². The topological polar surface area (TPSA) is 46.9 Å². The van der Waals surface area contributed by atoms with Crippen LogP contribution in [0.3, 0.4) is 0 Å². The summed E-state index contributed by atoms with van der Waals surface area (Å²) in [5.74, 6) is -0.0327. The van der Waals surface area contributed by atoms with Crippen LogP contribution in [-0.4, -0.2) is 21.7 Å². The lowest BCUT2D eigenvalue weighted by atomic mass is 10.1. The lowest BCUT2D eigenvalue weighted by Gasteiger charge is -2.11. The highest BCUT2D eigenvalue weighted by atomic mass is 16.1. The van der Waals surface area contributed by atoms with Gasteiger partial charge in [-0.15, -0.1) is 0 Å². The molecule has 0 unspecified atom stereocenters. The van der Waals surface area contributed by atoms with Crippen LogP contribution in [0, 0.1) is 6.92 Å². The van der Waals surface area contributed by atoms with E-state index in [-0.39, 0.29) is 11.9 Å². The summed E-state index contributed by atoms with van der Waals surface area (Å²) >= 11 is 0. The van der Waals surface area contributed by atoms with Gasteiger partial charge in [0.15, 0.2) is 0 Å². The molecule has 4 rings (SSSR count). The van der Waals surface area contributed by atoms with Gasteiger partial charge in [0.05, 0.1) is 11.3 Å². The number of carbonyl (C=O) groups excluding carboxylic acids is 1. The van der Waals surface area contributed by atoms with Crippen molar-refractivity contribution in [2.75, 3.05) is 0 Å². The SMILES string of the molecule is Cc1ccc(-c2nn(-c3ccccc3)cc2C(=O)NC2CCCC2)cc1. The Hall–Kier alpha value is -2.88. The van der Waals surface area contributed by atoms with Crippen LogP contribution >= 0.6 is 0 Å². The summed E-state index contributed by atoms with van der Waals surface area (Å²) in [5.41, 5.74) is 4.45. The monoisotopic (exact) mass is 345 g/mol. The zero-order valence-corrected chi connectivity index (χ0v) is 15.0. The second-order valence-corrected chi connectivity index (χ2v) is 6.99. The van der Waals surface area contributed by atoms with Crippen molar-refractivity contribution in [3.8, 4) is 16.9 Å². The molecule has 1 saturated carbocycles. The van der Waals surface area contributed by atoms with Gasteiger partial charge < -0.3 is 5.32 Å². The lowest BCUT2D eigenvalue weighted by molar-refractivity contribution is 0.0938. The fourth-order valence-electron chi connectivity index (χ4n) is 3.51. The number of carbonyl (C=O) groups is 1. The molecular formula is C22H23N3O. The fourth-order valence-corrected chi connectivity index (χ4v) is 3.51. The molecule has 1 amide bonds. The van der Waals surface area contributed by atoms with Crippen molar-refractivity contribution in [2.45, 2.75) is 38.6 Å². The molecule has 132 valence electrons. The first kappa shape index (κ1) is 16.6. The molecule has 1 aromatic heterocycles. The van der Waals surface area contributed by atoms with Gasteiger partial charge in [-0.2, -0.15) is 5.10 Å². The van der Waals surface area contributed by atoms with E-state index < -0.39 is 0 Å². The molecule has 2 aromatic carbocycles. The minimum atomic E-state index is -0.0327. The van der Waals surface area contributed by atoms with Gasteiger partial charge in [0.25, 0.3) is 5.91 Å². The van der Waals surface area contributed by atoms with Crippen LogP contribution in [0.4, 0.5) is 0 Å². The van der Waals surface area contributed by atoms with Crippen molar-refractivity contribution in [1.82, 2.24) is 15.1 Å². The third-order valence-corrected chi connectivity index (χ3v) is 4.99. The molecule has 0 spiro atoms. The van der Waals surface area contributed by atoms with Crippen LogP contribution in [0.2, 0.25) is 0 Å². The van der Waals surface area contributed by atoms with Crippen LogP contribution < -0.4 is 5.32 Å². The summed E-state index contributed by atoms with van der Waals surface area (Å²) in [4.78, 5) is 12.9. The Morgan fingerprint density at radius 3 is 2.42 bits per heavy atom. The molecule has 26 heavy (non-hydrogen) atoms. The highest BCUT2D eigenvalue weighted by molar-refractivity contribution is 6.00. The number of amides is 1. The van der Waals surface area contributed by atoms with Crippen molar-refractivity contribution in [3.63, 3.8) is 0 Å². The first-order valence-electron chi connectivity index (χ1n) is 9.24. The number of nitrogens with one attached hydrogen (secondary N) is 1. The van der Waals surface area contributed by atoms with Gasteiger partial charge in [0, 0.05) is 17.8 Å². The Kier molecular flexibility index (Phi) is 4.57. The molecule has 4 heteroatoms. The van der Waals surface area contributed by atoms with Crippen molar-refractivity contribution in [1.29, 1.82) is 0 Å². The number of rotatable bonds is 4. The fraction of sp³-hybridized carbons (Fsp3) is 0.273. The Labute approximate surface area is 153 Å². The molecule has 1 aliphatic rings. The normalized spacial score (nSPS) is 14.5. The summed E-state index contributed by atoms with van der Waals surface area (Å²) in [6, 6.07) is 18.3. The molecule has 0 radical (unpaired) electrons. The summed E-state index contributed by atoms with van der Waals surface area (Å²) in [5, 5.41) is 7.92. The van der Waals surface area contributed by atoms with E-state index >= 15 is 0 Å². The zero-order valence-electron chi connectivity index (χ0n) is 15.0. The van der Waals surface area contributed by atoms with Crippen LogP contribution in [0.5, 0.6) is 0 Å². The third-order valence-electron chi connectivity index (χ3n) is 4.99. The van der Waals surface area contributed by atoms with Crippen LogP contribution in [0.25, 0.3) is 16.9 Å². The van der Waals surface area contributed by atoms with E-state index in [1.165, 1.54) is 18.4 Å². The molecule has 4 nitrogen and oxygen atoms in total. The molecule has 3 aromatic rings. The molecular weight excluding hydrogens is 322 g/mol. The van der Waals surface area contributed by atoms with Crippen molar-refractivity contribution in [3.05, 3.63) is 71.9 Å². The van der Waals surface area contributed by atoms with E-state index in [4.69, 9.17) is 5.10 Å². The van der Waals surface area contributed by atoms with Crippen LogP contribution in [0.1, 0.15) is 41.6 Å². The molecule has 1 heterocycles. The second kappa shape index (κ2) is 7.16. The maximum Gasteiger partial charge on any atom is 0.255 e. The first-order valence-corrected chi connectivity index (χ1v) is 9.24. The Morgan fingerprint density at radius 2 is 1.73 bits per heavy atom. The van der Waals surface area contributed by atoms with Gasteiger partial charge in [-0.25, -0.2) is 4.68 Å². The predicted octanol–water partition coefficient (Wildman–Crippen LogP) is 4.52. The van der Waals surface area contributed by atoms with Crippen LogP contribution in [-0.2, 0) is 0 Å². The summed E-state index contributed by atoms with van der Waals surface area (Å²) in [6.45, 7) is 2.06. The molecule has 1 N–H and O–H groups in total. The van der Waals surface area contributed by atoms with Gasteiger partial charge >= 0.3 is 0 Å². The highest BCUT2D eigenvalue weighted by Gasteiger charge is 2.23. The van der Waals surface area contributed by atoms with Crippen molar-refractivity contribution < 1.29 is 4.79 Å². The van der Waals surface area contributed by atoms with Gasteiger partial charge in [-0.05, 0) is 31.9 Å². The van der Waals surface area contributed by atoms with Gasteiger partial charge in [-0.3, -0.25) is 4.79 Å². The largest absolute Gasteiger partial charge is 0.349 e. The number of hydrogen-bond acceptors (Lipinski definition) is 2.